The van der Waals surface area contributed by atoms with Crippen LogP contribution in [0.15, 0.2) is 42.0 Å². The van der Waals surface area contributed by atoms with Crippen molar-refractivity contribution in [3.8, 4) is 11.8 Å². The van der Waals surface area contributed by atoms with Gasteiger partial charge < -0.3 is 23.7 Å². The minimum absolute atomic E-state index is 0.0895. The maximum atomic E-state index is 12.5. The fourth-order valence-corrected chi connectivity index (χ4v) is 3.04. The number of benzene rings is 1. The van der Waals surface area contributed by atoms with Crippen LogP contribution < -0.4 is 10.5 Å². The summed E-state index contributed by atoms with van der Waals surface area (Å²) < 4.78 is 26.7. The molecule has 0 aliphatic carbocycles. The molecule has 0 spiro atoms. The number of nitrogens with two attached hydrogens (primary N) is 1. The maximum absolute atomic E-state index is 12.5. The molecule has 1 heterocycles. The molecule has 0 radical (unpaired) electrons. The lowest BCUT2D eigenvalue weighted by Gasteiger charge is -2.34. The average molecular weight is 444 g/mol. The van der Waals surface area contributed by atoms with Gasteiger partial charge in [-0.25, -0.2) is 9.59 Å². The van der Waals surface area contributed by atoms with Crippen LogP contribution in [0.4, 0.5) is 0 Å². The molecule has 3 atom stereocenters. The summed E-state index contributed by atoms with van der Waals surface area (Å²) >= 11 is 0. The number of rotatable bonds is 10. The van der Waals surface area contributed by atoms with Gasteiger partial charge in [0.25, 0.3) is 0 Å². The lowest BCUT2D eigenvalue weighted by molar-refractivity contribution is -0.172. The van der Waals surface area contributed by atoms with E-state index in [2.05, 4.69) is 6.58 Å². The number of carbonyl (C=O) groups is 2. The van der Waals surface area contributed by atoms with E-state index in [0.29, 0.717) is 29.9 Å². The smallest absolute Gasteiger partial charge is 0.349 e. The topological polar surface area (TPSA) is 130 Å². The van der Waals surface area contributed by atoms with E-state index in [-0.39, 0.29) is 18.8 Å². The van der Waals surface area contributed by atoms with E-state index < -0.39 is 29.9 Å². The van der Waals surface area contributed by atoms with Crippen LogP contribution in [0.2, 0.25) is 0 Å². The molecule has 1 aliphatic heterocycles. The predicted octanol–water partition coefficient (Wildman–Crippen LogP) is 2.11. The van der Waals surface area contributed by atoms with Gasteiger partial charge in [0.2, 0.25) is 0 Å². The molecule has 2 rings (SSSR count). The third-order valence-electron chi connectivity index (χ3n) is 4.90. The van der Waals surface area contributed by atoms with E-state index in [9.17, 15) is 14.9 Å². The first-order valence-corrected chi connectivity index (χ1v) is 10.0. The molecule has 1 aliphatic rings. The molecular formula is C23H28N2O7. The van der Waals surface area contributed by atoms with Crippen molar-refractivity contribution in [1.82, 2.24) is 0 Å². The van der Waals surface area contributed by atoms with Gasteiger partial charge in [0.05, 0.1) is 6.61 Å². The number of nitriles is 1. The number of nitrogens with zero attached hydrogens (tertiary/aromatic N) is 1. The Labute approximate surface area is 187 Å². The zero-order valence-corrected chi connectivity index (χ0v) is 18.5. The average Bonchev–Trinajstić information content (AvgIpc) is 3.17. The summed E-state index contributed by atoms with van der Waals surface area (Å²) in [5, 5.41) is 9.40. The van der Waals surface area contributed by atoms with E-state index in [1.54, 1.807) is 38.1 Å². The Kier molecular flexibility index (Phi) is 8.96. The molecule has 9 nitrogen and oxygen atoms in total. The van der Waals surface area contributed by atoms with Gasteiger partial charge in [0.1, 0.15) is 42.8 Å². The van der Waals surface area contributed by atoms with Crippen LogP contribution >= 0.6 is 0 Å². The number of ether oxygens (including phenoxy) is 5. The van der Waals surface area contributed by atoms with E-state index in [0.717, 1.165) is 0 Å². The fourth-order valence-electron chi connectivity index (χ4n) is 3.04. The monoisotopic (exact) mass is 444 g/mol. The Bertz CT molecular complexity index is 904. The van der Waals surface area contributed by atoms with Crippen LogP contribution in [0.5, 0.6) is 5.75 Å². The molecule has 0 aromatic heterocycles. The lowest BCUT2D eigenvalue weighted by Crippen LogP contribution is -2.58. The molecule has 0 saturated carbocycles. The van der Waals surface area contributed by atoms with Crippen LogP contribution in [-0.4, -0.2) is 56.8 Å². The summed E-state index contributed by atoms with van der Waals surface area (Å²) in [6, 6.07) is 8.53. The third-order valence-corrected chi connectivity index (χ3v) is 4.90. The second-order valence-electron chi connectivity index (χ2n) is 7.27. The SMILES string of the molecule is C=C(C)C(=O)OCCOc1ccc(/C=C(\C#N)C(=O)O[C@H](C)[C@@]2(N)OCCC2OC)cc1. The Morgan fingerprint density at radius 3 is 2.62 bits per heavy atom. The highest BCUT2D eigenvalue weighted by Crippen LogP contribution is 2.29. The Morgan fingerprint density at radius 1 is 1.34 bits per heavy atom. The standard InChI is InChI=1S/C23H28N2O7/c1-15(2)21(26)30-12-11-29-19-7-5-17(6-8-19)13-18(14-24)22(27)32-16(3)23(25)20(28-4)9-10-31-23/h5-8,13,16,20H,1,9-12,25H2,2-4H3/b18-13+/t16-,20?,23-/m1/s1. The van der Waals surface area contributed by atoms with Crippen LogP contribution in [-0.2, 0) is 28.5 Å². The molecule has 1 aromatic carbocycles. The van der Waals surface area contributed by atoms with Gasteiger partial charge in [0, 0.05) is 19.1 Å². The summed E-state index contributed by atoms with van der Waals surface area (Å²) in [5.74, 6) is -0.746. The van der Waals surface area contributed by atoms with Gasteiger partial charge in [-0.05, 0) is 37.6 Å². The van der Waals surface area contributed by atoms with Crippen LogP contribution in [0, 0.1) is 11.3 Å². The van der Waals surface area contributed by atoms with Gasteiger partial charge in [0.15, 0.2) is 5.72 Å². The molecule has 9 heteroatoms. The number of methoxy groups -OCH3 is 1. The van der Waals surface area contributed by atoms with Crippen molar-refractivity contribution in [2.24, 2.45) is 5.73 Å². The third kappa shape index (κ3) is 6.40. The molecule has 1 aromatic rings. The maximum Gasteiger partial charge on any atom is 0.349 e. The van der Waals surface area contributed by atoms with E-state index >= 15 is 0 Å². The van der Waals surface area contributed by atoms with Gasteiger partial charge in [-0.3, -0.25) is 5.73 Å². The minimum Gasteiger partial charge on any atom is -0.490 e. The highest BCUT2D eigenvalue weighted by atomic mass is 16.6. The minimum atomic E-state index is -1.28. The van der Waals surface area contributed by atoms with Crippen LogP contribution in [0.3, 0.4) is 0 Å². The van der Waals surface area contributed by atoms with Crippen molar-refractivity contribution in [3.05, 3.63) is 47.6 Å². The molecule has 0 bridgehead atoms. The normalized spacial score (nSPS) is 21.3. The lowest BCUT2D eigenvalue weighted by atomic mass is 10.0. The van der Waals surface area contributed by atoms with E-state index in [4.69, 9.17) is 29.4 Å². The summed E-state index contributed by atoms with van der Waals surface area (Å²) in [4.78, 5) is 23.8. The molecule has 172 valence electrons. The van der Waals surface area contributed by atoms with Crippen LogP contribution in [0.1, 0.15) is 25.8 Å². The highest BCUT2D eigenvalue weighted by Gasteiger charge is 2.48. The Hall–Kier alpha value is -3.19. The molecule has 0 amide bonds. The van der Waals surface area contributed by atoms with E-state index in [1.165, 1.54) is 13.2 Å². The molecule has 1 fully saturated rings. The van der Waals surface area contributed by atoms with Crippen molar-refractivity contribution in [2.75, 3.05) is 26.9 Å². The quantitative estimate of drug-likeness (QED) is 0.249. The van der Waals surface area contributed by atoms with Crippen molar-refractivity contribution in [3.63, 3.8) is 0 Å². The van der Waals surface area contributed by atoms with Crippen molar-refractivity contribution in [1.29, 1.82) is 5.26 Å². The second-order valence-corrected chi connectivity index (χ2v) is 7.27. The van der Waals surface area contributed by atoms with Crippen molar-refractivity contribution in [2.45, 2.75) is 38.2 Å². The Morgan fingerprint density at radius 2 is 2.03 bits per heavy atom. The van der Waals surface area contributed by atoms with Gasteiger partial charge in [-0.1, -0.05) is 18.7 Å². The highest BCUT2D eigenvalue weighted by molar-refractivity contribution is 5.98. The molecule has 2 N–H and O–H groups in total. The largest absolute Gasteiger partial charge is 0.490 e. The summed E-state index contributed by atoms with van der Waals surface area (Å²) in [5.41, 5.74) is 5.68. The summed E-state index contributed by atoms with van der Waals surface area (Å²) in [6.07, 6.45) is 0.742. The van der Waals surface area contributed by atoms with Gasteiger partial charge >= 0.3 is 11.9 Å². The number of hydrogen-bond acceptors (Lipinski definition) is 9. The predicted molar refractivity (Wildman–Crippen MR) is 115 cm³/mol. The fraction of sp³-hybridized carbons (Fsp3) is 0.435. The van der Waals surface area contributed by atoms with Crippen molar-refractivity contribution >= 4 is 18.0 Å². The first-order valence-electron chi connectivity index (χ1n) is 10.0. The molecule has 1 saturated heterocycles. The van der Waals surface area contributed by atoms with Crippen LogP contribution in [0.25, 0.3) is 6.08 Å². The summed E-state index contributed by atoms with van der Waals surface area (Å²) in [6.45, 7) is 7.32. The van der Waals surface area contributed by atoms with Gasteiger partial charge in [-0.15, -0.1) is 0 Å². The zero-order chi connectivity index (χ0) is 23.7. The van der Waals surface area contributed by atoms with Gasteiger partial charge in [-0.2, -0.15) is 5.26 Å². The molecule has 32 heavy (non-hydrogen) atoms. The Balaban J connectivity index is 1.94. The number of carbonyl (C=O) groups excluding carboxylic acids is 2. The first-order chi connectivity index (χ1) is 15.2. The van der Waals surface area contributed by atoms with Crippen molar-refractivity contribution < 1.29 is 33.3 Å². The van der Waals surface area contributed by atoms with E-state index in [1.807, 2.05) is 6.07 Å². The molecular weight excluding hydrogens is 416 g/mol. The zero-order valence-electron chi connectivity index (χ0n) is 18.5. The second kappa shape index (κ2) is 11.4. The first kappa shape index (κ1) is 25.1. The number of hydrogen-bond donors (Lipinski definition) is 1. The number of esters is 2. The molecule has 1 unspecified atom stereocenters. The summed E-state index contributed by atoms with van der Waals surface area (Å²) in [7, 11) is 1.51.